The van der Waals surface area contributed by atoms with E-state index in [0.717, 1.165) is 5.57 Å². The second-order valence-corrected chi connectivity index (χ2v) is 3.25. The zero-order valence-corrected chi connectivity index (χ0v) is 7.91. The van der Waals surface area contributed by atoms with Gasteiger partial charge in [0.1, 0.15) is 5.54 Å². The molecule has 0 heterocycles. The number of aliphatic carboxylic acids is 1. The molecule has 1 rings (SSSR count). The summed E-state index contributed by atoms with van der Waals surface area (Å²) in [4.78, 5) is 10.5. The topological polar surface area (TPSA) is 63.3 Å². The van der Waals surface area contributed by atoms with Gasteiger partial charge in [-0.15, -0.1) is 0 Å². The predicted molar refractivity (Wildman–Crippen MR) is 50.4 cm³/mol. The highest BCUT2D eigenvalue weighted by Gasteiger charge is 2.38. The second kappa shape index (κ2) is 2.94. The first-order valence-electron chi connectivity index (χ1n) is 3.09. The summed E-state index contributed by atoms with van der Waals surface area (Å²) >= 11 is 2.08. The normalized spacial score (nSPS) is 29.8. The zero-order valence-electron chi connectivity index (χ0n) is 5.75. The number of allylic oxidation sites excluding steroid dienone is 1. The zero-order chi connectivity index (χ0) is 8.48. The monoisotopic (exact) mass is 265 g/mol. The van der Waals surface area contributed by atoms with Gasteiger partial charge in [-0.05, 0) is 15.7 Å². The summed E-state index contributed by atoms with van der Waals surface area (Å²) in [6, 6.07) is 0. The molecular formula is C7H8INO2. The minimum absolute atomic E-state index is 0.432. The van der Waals surface area contributed by atoms with Crippen molar-refractivity contribution in [2.24, 2.45) is 5.73 Å². The second-order valence-electron chi connectivity index (χ2n) is 2.53. The maximum absolute atomic E-state index is 10.5. The highest BCUT2D eigenvalue weighted by Crippen LogP contribution is 2.29. The predicted octanol–water partition coefficient (Wildman–Crippen LogP) is 1.05. The fraction of sp³-hybridized carbons (Fsp3) is 0.286. The van der Waals surface area contributed by atoms with Gasteiger partial charge in [0.15, 0.2) is 0 Å². The molecule has 3 nitrogen and oxygen atoms in total. The molecule has 60 valence electrons. The number of carboxylic acid groups (broad SMARTS) is 1. The Morgan fingerprint density at radius 1 is 1.91 bits per heavy atom. The minimum atomic E-state index is -1.11. The SMILES string of the molecule is NC1(C(=O)O)C=C(C=CI)C1. The molecule has 1 atom stereocenters. The Labute approximate surface area is 78.1 Å². The van der Waals surface area contributed by atoms with Crippen molar-refractivity contribution in [2.45, 2.75) is 12.0 Å². The molecule has 4 heteroatoms. The van der Waals surface area contributed by atoms with Crippen molar-refractivity contribution in [1.82, 2.24) is 0 Å². The first-order valence-corrected chi connectivity index (χ1v) is 4.34. The van der Waals surface area contributed by atoms with Crippen LogP contribution in [0.15, 0.2) is 21.8 Å². The van der Waals surface area contributed by atoms with Crippen LogP contribution in [0.2, 0.25) is 0 Å². The quantitative estimate of drug-likeness (QED) is 0.733. The van der Waals surface area contributed by atoms with E-state index in [1.165, 1.54) is 0 Å². The van der Waals surface area contributed by atoms with E-state index in [4.69, 9.17) is 10.8 Å². The van der Waals surface area contributed by atoms with E-state index in [2.05, 4.69) is 22.6 Å². The molecule has 0 aromatic rings. The van der Waals surface area contributed by atoms with Gasteiger partial charge in [-0.25, -0.2) is 4.79 Å². The number of rotatable bonds is 2. The van der Waals surface area contributed by atoms with Crippen LogP contribution >= 0.6 is 22.6 Å². The van der Waals surface area contributed by atoms with E-state index < -0.39 is 11.5 Å². The third-order valence-corrected chi connectivity index (χ3v) is 1.97. The van der Waals surface area contributed by atoms with Crippen LogP contribution in [0.25, 0.3) is 0 Å². The Hall–Kier alpha value is -0.360. The lowest BCUT2D eigenvalue weighted by molar-refractivity contribution is -0.142. The van der Waals surface area contributed by atoms with Gasteiger partial charge in [0, 0.05) is 6.42 Å². The molecule has 3 N–H and O–H groups in total. The van der Waals surface area contributed by atoms with Crippen LogP contribution in [-0.2, 0) is 4.79 Å². The summed E-state index contributed by atoms with van der Waals surface area (Å²) in [6.45, 7) is 0. The molecule has 0 aliphatic heterocycles. The van der Waals surface area contributed by atoms with Gasteiger partial charge in [-0.3, -0.25) is 0 Å². The first-order chi connectivity index (χ1) is 5.08. The van der Waals surface area contributed by atoms with Gasteiger partial charge in [-0.1, -0.05) is 28.7 Å². The van der Waals surface area contributed by atoms with Gasteiger partial charge in [0.05, 0.1) is 0 Å². The summed E-state index contributed by atoms with van der Waals surface area (Å²) < 4.78 is 1.84. The largest absolute Gasteiger partial charge is 0.480 e. The van der Waals surface area contributed by atoms with Gasteiger partial charge in [0.2, 0.25) is 0 Å². The molecule has 1 aliphatic rings. The lowest BCUT2D eigenvalue weighted by Gasteiger charge is -2.30. The maximum atomic E-state index is 10.5. The van der Waals surface area contributed by atoms with E-state index in [9.17, 15) is 4.79 Å². The molecule has 0 fully saturated rings. The number of carbonyl (C=O) groups is 1. The summed E-state index contributed by atoms with van der Waals surface area (Å²) in [6.07, 6.45) is 3.86. The van der Waals surface area contributed by atoms with Crippen molar-refractivity contribution < 1.29 is 9.90 Å². The molecule has 0 saturated carbocycles. The molecule has 0 saturated heterocycles. The maximum Gasteiger partial charge on any atom is 0.328 e. The molecule has 1 aliphatic carbocycles. The molecule has 1 unspecified atom stereocenters. The lowest BCUT2D eigenvalue weighted by Crippen LogP contribution is -2.51. The Morgan fingerprint density at radius 3 is 2.82 bits per heavy atom. The molecule has 0 bridgehead atoms. The van der Waals surface area contributed by atoms with Gasteiger partial charge in [-0.2, -0.15) is 0 Å². The molecule has 0 aromatic carbocycles. The van der Waals surface area contributed by atoms with Gasteiger partial charge in [0.25, 0.3) is 0 Å². The van der Waals surface area contributed by atoms with Crippen LogP contribution < -0.4 is 5.73 Å². The van der Waals surface area contributed by atoms with E-state index >= 15 is 0 Å². The standard InChI is InChI=1S/C7H8INO2/c8-2-1-5-3-7(9,4-5)6(10)11/h1-3H,4,9H2,(H,10,11). The van der Waals surface area contributed by atoms with Crippen LogP contribution in [0.1, 0.15) is 6.42 Å². The third kappa shape index (κ3) is 1.62. The number of nitrogens with two attached hydrogens (primary N) is 1. The van der Waals surface area contributed by atoms with Gasteiger partial charge >= 0.3 is 5.97 Å². The van der Waals surface area contributed by atoms with Crippen LogP contribution in [-0.4, -0.2) is 16.6 Å². The Morgan fingerprint density at radius 2 is 2.45 bits per heavy atom. The summed E-state index contributed by atoms with van der Waals surface area (Å²) in [5, 5.41) is 8.58. The van der Waals surface area contributed by atoms with E-state index in [1.807, 2.05) is 10.2 Å². The summed E-state index contributed by atoms with van der Waals surface area (Å²) in [5.41, 5.74) is 5.34. The number of hydrogen-bond acceptors (Lipinski definition) is 2. The number of hydrogen-bond donors (Lipinski definition) is 2. The van der Waals surface area contributed by atoms with Crippen molar-refractivity contribution >= 4 is 28.6 Å². The van der Waals surface area contributed by atoms with Crippen molar-refractivity contribution in [1.29, 1.82) is 0 Å². The Kier molecular flexibility index (Phi) is 2.34. The molecule has 0 spiro atoms. The van der Waals surface area contributed by atoms with Crippen molar-refractivity contribution in [3.63, 3.8) is 0 Å². The van der Waals surface area contributed by atoms with Gasteiger partial charge < -0.3 is 10.8 Å². The number of carboxylic acids is 1. The van der Waals surface area contributed by atoms with Crippen LogP contribution in [0.3, 0.4) is 0 Å². The van der Waals surface area contributed by atoms with Crippen molar-refractivity contribution in [3.8, 4) is 0 Å². The van der Waals surface area contributed by atoms with Crippen LogP contribution in [0, 0.1) is 0 Å². The highest BCUT2D eigenvalue weighted by atomic mass is 127. The molecule has 0 aromatic heterocycles. The molecular weight excluding hydrogens is 257 g/mol. The van der Waals surface area contributed by atoms with Crippen molar-refractivity contribution in [2.75, 3.05) is 0 Å². The average molecular weight is 265 g/mol. The van der Waals surface area contributed by atoms with E-state index in [-0.39, 0.29) is 0 Å². The minimum Gasteiger partial charge on any atom is -0.480 e. The summed E-state index contributed by atoms with van der Waals surface area (Å²) in [5.74, 6) is -0.955. The van der Waals surface area contributed by atoms with E-state index in [0.29, 0.717) is 6.42 Å². The highest BCUT2D eigenvalue weighted by molar-refractivity contribution is 14.1. The Bertz CT molecular complexity index is 247. The molecule has 0 radical (unpaired) electrons. The molecule has 0 amide bonds. The molecule has 11 heavy (non-hydrogen) atoms. The Balaban J connectivity index is 2.68. The third-order valence-electron chi connectivity index (χ3n) is 1.61. The average Bonchev–Trinajstić information content (AvgIpc) is 1.84. The first kappa shape index (κ1) is 8.73. The summed E-state index contributed by atoms with van der Waals surface area (Å²) in [7, 11) is 0. The lowest BCUT2D eigenvalue weighted by atomic mass is 9.80. The van der Waals surface area contributed by atoms with Crippen molar-refractivity contribution in [3.05, 3.63) is 21.8 Å². The van der Waals surface area contributed by atoms with Crippen LogP contribution in [0.5, 0.6) is 0 Å². The smallest absolute Gasteiger partial charge is 0.328 e. The van der Waals surface area contributed by atoms with E-state index in [1.54, 1.807) is 6.08 Å². The number of halogens is 1. The fourth-order valence-corrected chi connectivity index (χ4v) is 1.43. The van der Waals surface area contributed by atoms with Crippen LogP contribution in [0.4, 0.5) is 0 Å². The fourth-order valence-electron chi connectivity index (χ4n) is 0.965.